The number of hydrogen-bond donors (Lipinski definition) is 2. The van der Waals surface area contributed by atoms with Gasteiger partial charge in [0.15, 0.2) is 11.6 Å². The van der Waals surface area contributed by atoms with Crippen molar-refractivity contribution in [2.24, 2.45) is 0 Å². The first-order valence-corrected chi connectivity index (χ1v) is 9.67. The van der Waals surface area contributed by atoms with E-state index < -0.39 is 11.7 Å². The van der Waals surface area contributed by atoms with E-state index in [1.165, 1.54) is 0 Å². The summed E-state index contributed by atoms with van der Waals surface area (Å²) < 4.78 is 10.7. The second-order valence-corrected chi connectivity index (χ2v) is 7.91. The lowest BCUT2D eigenvalue weighted by molar-refractivity contribution is 0.0636. The van der Waals surface area contributed by atoms with Gasteiger partial charge in [0.1, 0.15) is 11.1 Å². The van der Waals surface area contributed by atoms with Gasteiger partial charge in [-0.2, -0.15) is 0 Å². The van der Waals surface area contributed by atoms with Crippen LogP contribution >= 0.6 is 0 Å². The highest BCUT2D eigenvalue weighted by Gasteiger charge is 2.19. The molecular formula is C21H25N5O3. The summed E-state index contributed by atoms with van der Waals surface area (Å²) in [6.45, 7) is 8.45. The van der Waals surface area contributed by atoms with E-state index in [1.807, 2.05) is 57.3 Å². The van der Waals surface area contributed by atoms with Crippen LogP contribution in [0.25, 0.3) is 22.4 Å². The first-order valence-electron chi connectivity index (χ1n) is 9.67. The Kier molecular flexibility index (Phi) is 5.10. The van der Waals surface area contributed by atoms with E-state index in [0.29, 0.717) is 24.7 Å². The number of anilines is 2. The minimum atomic E-state index is -0.542. The molecule has 3 heterocycles. The maximum atomic E-state index is 11.9. The quantitative estimate of drug-likeness (QED) is 0.701. The van der Waals surface area contributed by atoms with E-state index in [-0.39, 0.29) is 0 Å². The number of H-pyrrole nitrogens is 1. The number of amides is 1. The standard InChI is InChI=1S/C21H25N5O3/c1-21(2,3)29-20(27)23-15-6-4-14(5-7-15)18-24-16-8-9-22-17(16)19(25-18)26-10-12-28-13-11-26/h4-9,22H,10-13H2,1-3H3,(H,23,27). The smallest absolute Gasteiger partial charge is 0.412 e. The summed E-state index contributed by atoms with van der Waals surface area (Å²) in [6, 6.07) is 9.37. The summed E-state index contributed by atoms with van der Waals surface area (Å²) >= 11 is 0. The molecule has 8 heteroatoms. The molecule has 0 atom stereocenters. The van der Waals surface area contributed by atoms with Crippen molar-refractivity contribution in [1.82, 2.24) is 15.0 Å². The molecule has 0 spiro atoms. The third kappa shape index (κ3) is 4.48. The van der Waals surface area contributed by atoms with Gasteiger partial charge in [-0.3, -0.25) is 5.32 Å². The van der Waals surface area contributed by atoms with Crippen LogP contribution in [0.3, 0.4) is 0 Å². The molecule has 1 aliphatic rings. The summed E-state index contributed by atoms with van der Waals surface area (Å²) in [5.74, 6) is 1.52. The fraction of sp³-hybridized carbons (Fsp3) is 0.381. The Balaban J connectivity index is 1.59. The molecule has 0 aliphatic carbocycles. The number of carbonyl (C=O) groups is 1. The summed E-state index contributed by atoms with van der Waals surface area (Å²) in [5, 5.41) is 2.74. The van der Waals surface area contributed by atoms with Crippen molar-refractivity contribution < 1.29 is 14.3 Å². The normalized spacial score (nSPS) is 14.8. The molecule has 152 valence electrons. The first-order chi connectivity index (χ1) is 13.9. The fourth-order valence-corrected chi connectivity index (χ4v) is 3.19. The Bertz CT molecular complexity index is 1000. The van der Waals surface area contributed by atoms with Gasteiger partial charge in [-0.15, -0.1) is 0 Å². The topological polar surface area (TPSA) is 92.4 Å². The van der Waals surface area contributed by atoms with E-state index in [2.05, 4.69) is 20.2 Å². The highest BCUT2D eigenvalue weighted by Crippen LogP contribution is 2.28. The number of fused-ring (bicyclic) bond motifs is 1. The highest BCUT2D eigenvalue weighted by molar-refractivity contribution is 5.88. The van der Waals surface area contributed by atoms with Gasteiger partial charge in [0.05, 0.1) is 18.7 Å². The highest BCUT2D eigenvalue weighted by atomic mass is 16.6. The molecule has 1 amide bonds. The van der Waals surface area contributed by atoms with E-state index in [0.717, 1.165) is 35.5 Å². The predicted molar refractivity (Wildman–Crippen MR) is 112 cm³/mol. The Hall–Kier alpha value is -3.13. The zero-order valence-electron chi connectivity index (χ0n) is 16.9. The van der Waals surface area contributed by atoms with Crippen molar-refractivity contribution >= 4 is 28.6 Å². The molecule has 4 rings (SSSR count). The van der Waals surface area contributed by atoms with Crippen LogP contribution in [-0.4, -0.2) is 52.9 Å². The largest absolute Gasteiger partial charge is 0.444 e. The van der Waals surface area contributed by atoms with Crippen LogP contribution in [-0.2, 0) is 9.47 Å². The number of ether oxygens (including phenoxy) is 2. The maximum Gasteiger partial charge on any atom is 0.412 e. The maximum absolute atomic E-state index is 11.9. The molecule has 2 aromatic heterocycles. The molecular weight excluding hydrogens is 370 g/mol. The molecule has 0 unspecified atom stereocenters. The van der Waals surface area contributed by atoms with Crippen LogP contribution in [0.2, 0.25) is 0 Å². The second kappa shape index (κ2) is 7.71. The number of rotatable bonds is 3. The zero-order valence-corrected chi connectivity index (χ0v) is 16.9. The Labute approximate surface area is 169 Å². The lowest BCUT2D eigenvalue weighted by Gasteiger charge is -2.28. The zero-order chi connectivity index (χ0) is 20.4. The van der Waals surface area contributed by atoms with Crippen molar-refractivity contribution in [3.63, 3.8) is 0 Å². The van der Waals surface area contributed by atoms with Gasteiger partial charge in [0.2, 0.25) is 0 Å². The summed E-state index contributed by atoms with van der Waals surface area (Å²) in [6.07, 6.45) is 1.39. The van der Waals surface area contributed by atoms with E-state index in [9.17, 15) is 4.79 Å². The van der Waals surface area contributed by atoms with Crippen molar-refractivity contribution in [3.05, 3.63) is 36.5 Å². The Morgan fingerprint density at radius 3 is 2.55 bits per heavy atom. The third-order valence-electron chi connectivity index (χ3n) is 4.49. The number of benzene rings is 1. The Morgan fingerprint density at radius 2 is 1.86 bits per heavy atom. The molecule has 0 bridgehead atoms. The molecule has 0 radical (unpaired) electrons. The van der Waals surface area contributed by atoms with Crippen molar-refractivity contribution in [1.29, 1.82) is 0 Å². The average molecular weight is 395 g/mol. The minimum absolute atomic E-state index is 0.482. The van der Waals surface area contributed by atoms with Gasteiger partial charge in [0.25, 0.3) is 0 Å². The third-order valence-corrected chi connectivity index (χ3v) is 4.49. The SMILES string of the molecule is CC(C)(C)OC(=O)Nc1ccc(-c2nc(N3CCOCC3)c3[nH]ccc3n2)cc1. The number of morpholine rings is 1. The van der Waals surface area contributed by atoms with Gasteiger partial charge in [-0.05, 0) is 51.1 Å². The van der Waals surface area contributed by atoms with Crippen LogP contribution in [0.5, 0.6) is 0 Å². The van der Waals surface area contributed by atoms with Crippen molar-refractivity contribution in [2.45, 2.75) is 26.4 Å². The van der Waals surface area contributed by atoms with Gasteiger partial charge in [-0.25, -0.2) is 14.8 Å². The summed E-state index contributed by atoms with van der Waals surface area (Å²) in [7, 11) is 0. The molecule has 1 fully saturated rings. The predicted octanol–water partition coefficient (Wildman–Crippen LogP) is 3.81. The van der Waals surface area contributed by atoms with E-state index in [4.69, 9.17) is 14.5 Å². The van der Waals surface area contributed by atoms with Crippen molar-refractivity contribution in [2.75, 3.05) is 36.5 Å². The van der Waals surface area contributed by atoms with Crippen LogP contribution in [0.15, 0.2) is 36.5 Å². The monoisotopic (exact) mass is 395 g/mol. The van der Waals surface area contributed by atoms with Crippen molar-refractivity contribution in [3.8, 4) is 11.4 Å². The first kappa shape index (κ1) is 19.2. The van der Waals surface area contributed by atoms with Gasteiger partial charge >= 0.3 is 6.09 Å². The molecule has 8 nitrogen and oxygen atoms in total. The second-order valence-electron chi connectivity index (χ2n) is 7.91. The number of nitrogens with one attached hydrogen (secondary N) is 2. The fourth-order valence-electron chi connectivity index (χ4n) is 3.19. The van der Waals surface area contributed by atoms with Crippen LogP contribution < -0.4 is 10.2 Å². The average Bonchev–Trinajstić information content (AvgIpc) is 3.15. The van der Waals surface area contributed by atoms with Gasteiger partial charge in [-0.1, -0.05) is 0 Å². The van der Waals surface area contributed by atoms with Gasteiger partial charge < -0.3 is 19.4 Å². The molecule has 1 saturated heterocycles. The van der Waals surface area contributed by atoms with Crippen LogP contribution in [0.1, 0.15) is 20.8 Å². The lowest BCUT2D eigenvalue weighted by atomic mass is 10.2. The van der Waals surface area contributed by atoms with Gasteiger partial charge in [0, 0.05) is 30.5 Å². The number of hydrogen-bond acceptors (Lipinski definition) is 6. The molecule has 1 aliphatic heterocycles. The molecule has 3 aromatic rings. The lowest BCUT2D eigenvalue weighted by Crippen LogP contribution is -2.37. The number of carbonyl (C=O) groups excluding carboxylic acids is 1. The molecule has 29 heavy (non-hydrogen) atoms. The summed E-state index contributed by atoms with van der Waals surface area (Å²) in [5.41, 5.74) is 2.78. The molecule has 1 aromatic carbocycles. The van der Waals surface area contributed by atoms with Crippen LogP contribution in [0, 0.1) is 0 Å². The molecule has 0 saturated carbocycles. The number of nitrogens with zero attached hydrogens (tertiary/aromatic N) is 3. The number of aromatic amines is 1. The van der Waals surface area contributed by atoms with Crippen LogP contribution in [0.4, 0.5) is 16.3 Å². The molecule has 2 N–H and O–H groups in total. The minimum Gasteiger partial charge on any atom is -0.444 e. The Morgan fingerprint density at radius 1 is 1.14 bits per heavy atom. The van der Waals surface area contributed by atoms with E-state index in [1.54, 1.807) is 0 Å². The summed E-state index contributed by atoms with van der Waals surface area (Å²) in [4.78, 5) is 26.9. The number of aromatic nitrogens is 3. The van der Waals surface area contributed by atoms with E-state index >= 15 is 0 Å².